The first-order chi connectivity index (χ1) is 18.0. The number of rotatable bonds is 10. The molecule has 208 valence electrons. The molecule has 1 saturated carbocycles. The number of nitrogens with zero attached hydrogens (tertiary/aromatic N) is 1. The summed E-state index contributed by atoms with van der Waals surface area (Å²) < 4.78 is 65.1. The topological polar surface area (TPSA) is 84.9 Å². The second-order valence-corrected chi connectivity index (χ2v) is 12.6. The average molecular weight is 592 g/mol. The molecule has 3 unspecified atom stereocenters. The number of ether oxygens (including phenoxy) is 2. The third kappa shape index (κ3) is 7.15. The first kappa shape index (κ1) is 29.0. The summed E-state index contributed by atoms with van der Waals surface area (Å²) in [5.74, 6) is -1.13. The molecule has 2 fully saturated rings. The molecule has 0 aromatic heterocycles. The molecule has 1 aliphatic carbocycles. The van der Waals surface area contributed by atoms with Crippen molar-refractivity contribution in [2.75, 3.05) is 39.7 Å². The number of benzene rings is 2. The second-order valence-electron chi connectivity index (χ2n) is 9.96. The predicted octanol–water partition coefficient (Wildman–Crippen LogP) is 5.08. The molecule has 2 aliphatic rings. The molecule has 1 heterocycles. The van der Waals surface area contributed by atoms with Crippen LogP contribution in [0.5, 0.6) is 5.75 Å². The lowest BCUT2D eigenvalue weighted by atomic mass is 9.81. The van der Waals surface area contributed by atoms with Crippen molar-refractivity contribution in [3.63, 3.8) is 0 Å². The number of hydrogen-bond donors (Lipinski definition) is 1. The highest BCUT2D eigenvalue weighted by Crippen LogP contribution is 2.45. The van der Waals surface area contributed by atoms with Gasteiger partial charge in [-0.1, -0.05) is 23.2 Å². The number of amides is 1. The Morgan fingerprint density at radius 1 is 1.18 bits per heavy atom. The van der Waals surface area contributed by atoms with Crippen molar-refractivity contribution in [3.8, 4) is 5.75 Å². The smallest absolute Gasteiger partial charge is 0.267 e. The number of hydrogen-bond acceptors (Lipinski definition) is 6. The van der Waals surface area contributed by atoms with Crippen molar-refractivity contribution in [2.45, 2.75) is 25.3 Å². The van der Waals surface area contributed by atoms with Crippen LogP contribution in [0.2, 0.25) is 10.0 Å². The van der Waals surface area contributed by atoms with Crippen molar-refractivity contribution in [1.29, 1.82) is 0 Å². The maximum absolute atomic E-state index is 15.0. The minimum Gasteiger partial charge on any atom is -0.493 e. The number of carbonyl (C=O) groups excluding carboxylic acids is 1. The Hall–Kier alpha value is -1.98. The minimum absolute atomic E-state index is 0.0253. The molecule has 7 nitrogen and oxygen atoms in total. The molecule has 0 bridgehead atoms. The van der Waals surface area contributed by atoms with Crippen LogP contribution in [0.3, 0.4) is 0 Å². The van der Waals surface area contributed by atoms with Gasteiger partial charge in [-0.25, -0.2) is 21.9 Å². The molecule has 1 aliphatic heterocycles. The van der Waals surface area contributed by atoms with E-state index >= 15 is 0 Å². The van der Waals surface area contributed by atoms with E-state index in [0.29, 0.717) is 35.6 Å². The van der Waals surface area contributed by atoms with Gasteiger partial charge in [0.25, 0.3) is 5.91 Å². The number of sulfonamides is 1. The van der Waals surface area contributed by atoms with Crippen LogP contribution in [-0.4, -0.2) is 58.9 Å². The first-order valence-corrected chi connectivity index (χ1v) is 14.9. The van der Waals surface area contributed by atoms with Gasteiger partial charge < -0.3 is 9.47 Å². The third-order valence-electron chi connectivity index (χ3n) is 7.14. The van der Waals surface area contributed by atoms with Gasteiger partial charge in [0.2, 0.25) is 10.0 Å². The van der Waals surface area contributed by atoms with E-state index in [4.69, 9.17) is 32.7 Å². The van der Waals surface area contributed by atoms with Gasteiger partial charge in [0.15, 0.2) is 0 Å². The number of nitrogens with one attached hydrogen (secondary N) is 1. The quantitative estimate of drug-likeness (QED) is 0.389. The van der Waals surface area contributed by atoms with Crippen LogP contribution in [-0.2, 0) is 14.8 Å². The van der Waals surface area contributed by atoms with E-state index in [1.165, 1.54) is 18.2 Å². The Kier molecular flexibility index (Phi) is 9.19. The summed E-state index contributed by atoms with van der Waals surface area (Å²) in [7, 11) is -2.24. The highest BCUT2D eigenvalue weighted by Gasteiger charge is 2.42. The molecule has 0 spiro atoms. The van der Waals surface area contributed by atoms with Crippen molar-refractivity contribution in [2.24, 2.45) is 17.8 Å². The summed E-state index contributed by atoms with van der Waals surface area (Å²) in [6.07, 6.45) is 3.83. The monoisotopic (exact) mass is 590 g/mol. The zero-order valence-corrected chi connectivity index (χ0v) is 23.4. The average Bonchev–Trinajstić information content (AvgIpc) is 3.68. The molecule has 1 amide bonds. The molecule has 0 radical (unpaired) electrons. The second kappa shape index (κ2) is 12.0. The van der Waals surface area contributed by atoms with E-state index in [0.717, 1.165) is 38.1 Å². The van der Waals surface area contributed by atoms with Crippen LogP contribution >= 0.6 is 23.2 Å². The van der Waals surface area contributed by atoms with Gasteiger partial charge in [0, 0.05) is 30.3 Å². The number of likely N-dealkylation sites (tertiary alicyclic amines) is 1. The molecule has 4 rings (SSSR count). The van der Waals surface area contributed by atoms with Crippen LogP contribution in [0.25, 0.3) is 0 Å². The van der Waals surface area contributed by atoms with E-state index in [1.54, 1.807) is 17.9 Å². The summed E-state index contributed by atoms with van der Waals surface area (Å²) >= 11 is 12.3. The lowest BCUT2D eigenvalue weighted by Gasteiger charge is -2.42. The molecule has 2 aromatic rings. The molecular formula is C26H30Cl2F2N2O5S. The normalized spacial score (nSPS) is 21.2. The standard InChI is InChI=1S/C26H30Cl2F2N2O5S/c1-36-14-24(20-9-17(27)10-22(28)25(20)30)32-8-7-16(21(12-32)15-3-4-15)13-37-18-5-6-19(23(29)11-18)26(33)31-38(2,34)35/h5-6,9-11,15-16,21,24H,3-4,7-8,12-14H2,1-2H3,(H,31,33). The highest BCUT2D eigenvalue weighted by atomic mass is 35.5. The first-order valence-electron chi connectivity index (χ1n) is 12.3. The number of halogens is 4. The highest BCUT2D eigenvalue weighted by molar-refractivity contribution is 7.89. The number of piperidine rings is 1. The van der Waals surface area contributed by atoms with Crippen molar-refractivity contribution in [3.05, 3.63) is 63.1 Å². The number of methoxy groups -OCH3 is 1. The van der Waals surface area contributed by atoms with Gasteiger partial charge in [0.05, 0.1) is 36.1 Å². The van der Waals surface area contributed by atoms with Crippen LogP contribution in [0.15, 0.2) is 30.3 Å². The fraction of sp³-hybridized carbons (Fsp3) is 0.500. The van der Waals surface area contributed by atoms with Gasteiger partial charge in [-0.3, -0.25) is 9.69 Å². The van der Waals surface area contributed by atoms with Gasteiger partial charge >= 0.3 is 0 Å². The largest absolute Gasteiger partial charge is 0.493 e. The van der Waals surface area contributed by atoms with E-state index in [2.05, 4.69) is 4.90 Å². The van der Waals surface area contributed by atoms with E-state index < -0.39 is 27.6 Å². The summed E-state index contributed by atoms with van der Waals surface area (Å²) in [5, 5.41) is 0.337. The van der Waals surface area contributed by atoms with Gasteiger partial charge in [-0.15, -0.1) is 0 Å². The zero-order valence-electron chi connectivity index (χ0n) is 21.1. The molecule has 1 saturated heterocycles. The fourth-order valence-corrected chi connectivity index (χ4v) is 6.13. The van der Waals surface area contributed by atoms with Crippen LogP contribution < -0.4 is 9.46 Å². The third-order valence-corrected chi connectivity index (χ3v) is 8.19. The molecule has 2 aromatic carbocycles. The Bertz CT molecular complexity index is 1290. The number of carbonyl (C=O) groups is 1. The van der Waals surface area contributed by atoms with Crippen LogP contribution in [0.1, 0.15) is 41.2 Å². The minimum atomic E-state index is -3.81. The van der Waals surface area contributed by atoms with E-state index in [1.807, 2.05) is 0 Å². The Labute approximate surface area is 231 Å². The predicted molar refractivity (Wildman–Crippen MR) is 141 cm³/mol. The van der Waals surface area contributed by atoms with Gasteiger partial charge in [-0.05, 0) is 67.8 Å². The van der Waals surface area contributed by atoms with E-state index in [9.17, 15) is 22.0 Å². The fourth-order valence-electron chi connectivity index (χ4n) is 5.17. The molecule has 1 N–H and O–H groups in total. The maximum atomic E-state index is 15.0. The summed E-state index contributed by atoms with van der Waals surface area (Å²) in [6, 6.07) is 6.36. The Balaban J connectivity index is 1.44. The van der Waals surface area contributed by atoms with Crippen LogP contribution in [0, 0.1) is 29.4 Å². The summed E-state index contributed by atoms with van der Waals surface area (Å²) in [5.41, 5.74) is 0.0218. The molecule has 38 heavy (non-hydrogen) atoms. The molecule has 3 atom stereocenters. The van der Waals surface area contributed by atoms with E-state index in [-0.39, 0.29) is 34.9 Å². The van der Waals surface area contributed by atoms with Crippen LogP contribution in [0.4, 0.5) is 8.78 Å². The Morgan fingerprint density at radius 3 is 2.55 bits per heavy atom. The molecular weight excluding hydrogens is 561 g/mol. The lowest BCUT2D eigenvalue weighted by Crippen LogP contribution is -2.46. The zero-order chi connectivity index (χ0) is 27.6. The summed E-state index contributed by atoms with van der Waals surface area (Å²) in [4.78, 5) is 14.2. The van der Waals surface area contributed by atoms with Crippen molar-refractivity contribution in [1.82, 2.24) is 9.62 Å². The maximum Gasteiger partial charge on any atom is 0.267 e. The SMILES string of the molecule is COCC(c1cc(Cl)cc(Cl)c1F)N1CCC(COc2ccc(C(=O)NS(C)(=O)=O)c(F)c2)C(C2CC2)C1. The lowest BCUT2D eigenvalue weighted by molar-refractivity contribution is 0.0167. The van der Waals surface area contributed by atoms with Gasteiger partial charge in [-0.2, -0.15) is 0 Å². The summed E-state index contributed by atoms with van der Waals surface area (Å²) in [6.45, 7) is 2.03. The molecule has 12 heteroatoms. The van der Waals surface area contributed by atoms with Crippen molar-refractivity contribution < 1.29 is 31.5 Å². The van der Waals surface area contributed by atoms with Gasteiger partial charge in [0.1, 0.15) is 17.4 Å². The van der Waals surface area contributed by atoms with Crippen molar-refractivity contribution >= 4 is 39.1 Å². The Morgan fingerprint density at radius 2 is 1.92 bits per heavy atom.